The normalized spacial score (nSPS) is 21.5. The van der Waals surface area contributed by atoms with Gasteiger partial charge in [-0.2, -0.15) is 0 Å². The molecule has 0 spiro atoms. The van der Waals surface area contributed by atoms with Crippen molar-refractivity contribution < 1.29 is 9.59 Å². The summed E-state index contributed by atoms with van der Waals surface area (Å²) in [6, 6.07) is 13.3. The molecule has 2 heterocycles. The van der Waals surface area contributed by atoms with E-state index in [0.29, 0.717) is 22.7 Å². The predicted molar refractivity (Wildman–Crippen MR) is 139 cm³/mol. The molecule has 2 aromatic carbocycles. The van der Waals surface area contributed by atoms with E-state index in [9.17, 15) is 9.59 Å². The molecule has 2 aliphatic rings. The van der Waals surface area contributed by atoms with Crippen LogP contribution in [0.1, 0.15) is 58.1 Å². The second-order valence-corrected chi connectivity index (χ2v) is 10.5. The van der Waals surface area contributed by atoms with Crippen LogP contribution in [0.2, 0.25) is 5.02 Å². The molecule has 1 unspecified atom stereocenters. The Kier molecular flexibility index (Phi) is 6.10. The van der Waals surface area contributed by atoms with Crippen molar-refractivity contribution in [1.82, 2.24) is 5.32 Å². The molecule has 2 aromatic rings. The van der Waals surface area contributed by atoms with E-state index < -0.39 is 11.8 Å². The fourth-order valence-electron chi connectivity index (χ4n) is 5.19. The first-order chi connectivity index (χ1) is 15.5. The maximum atomic E-state index is 13.3. The van der Waals surface area contributed by atoms with Crippen LogP contribution in [-0.4, -0.2) is 28.5 Å². The molecule has 0 radical (unpaired) electrons. The molecule has 0 aliphatic carbocycles. The summed E-state index contributed by atoms with van der Waals surface area (Å²) >= 11 is 11.3. The van der Waals surface area contributed by atoms with E-state index >= 15 is 0 Å². The summed E-state index contributed by atoms with van der Waals surface area (Å²) in [4.78, 5) is 29.7. The van der Waals surface area contributed by atoms with Gasteiger partial charge in [0.1, 0.15) is 5.57 Å². The van der Waals surface area contributed by atoms with Crippen LogP contribution in [0, 0.1) is 0 Å². The molecule has 7 heteroatoms. The minimum atomic E-state index is -0.495. The first kappa shape index (κ1) is 23.5. The van der Waals surface area contributed by atoms with Crippen molar-refractivity contribution in [2.45, 2.75) is 58.5 Å². The van der Waals surface area contributed by atoms with Gasteiger partial charge >= 0.3 is 0 Å². The number of rotatable bonds is 3. The van der Waals surface area contributed by atoms with Crippen LogP contribution in [-0.2, 0) is 9.59 Å². The van der Waals surface area contributed by atoms with Crippen molar-refractivity contribution in [2.75, 3.05) is 9.80 Å². The van der Waals surface area contributed by atoms with Crippen molar-refractivity contribution in [3.8, 4) is 0 Å². The molecule has 1 N–H and O–H groups in total. The van der Waals surface area contributed by atoms with Gasteiger partial charge in [0, 0.05) is 22.3 Å². The average molecular weight is 482 g/mol. The monoisotopic (exact) mass is 481 g/mol. The summed E-state index contributed by atoms with van der Waals surface area (Å²) in [6.07, 6.45) is 2.67. The van der Waals surface area contributed by atoms with E-state index in [1.807, 2.05) is 6.07 Å². The van der Waals surface area contributed by atoms with Crippen LogP contribution in [0.3, 0.4) is 0 Å². The summed E-state index contributed by atoms with van der Waals surface area (Å²) in [6.45, 7) is 11.2. The zero-order valence-electron chi connectivity index (χ0n) is 19.5. The molecule has 33 heavy (non-hydrogen) atoms. The van der Waals surface area contributed by atoms with E-state index in [4.69, 9.17) is 23.8 Å². The number of thiocarbonyl (C=S) groups is 1. The molecule has 0 saturated carbocycles. The molecular weight excluding hydrogens is 454 g/mol. The fraction of sp³-hybridized carbons (Fsp3) is 0.346. The Balaban J connectivity index is 1.73. The number of carbonyl (C=O) groups excluding carboxylic acids is 2. The molecule has 2 aliphatic heterocycles. The number of halogens is 1. The van der Waals surface area contributed by atoms with Gasteiger partial charge < -0.3 is 4.90 Å². The van der Waals surface area contributed by atoms with Crippen LogP contribution in [0.5, 0.6) is 0 Å². The molecule has 1 fully saturated rings. The minimum Gasteiger partial charge on any atom is -0.364 e. The largest absolute Gasteiger partial charge is 0.364 e. The molecule has 2 amide bonds. The summed E-state index contributed by atoms with van der Waals surface area (Å²) in [5.41, 5.74) is 3.89. The van der Waals surface area contributed by atoms with Crippen molar-refractivity contribution in [3.63, 3.8) is 0 Å². The van der Waals surface area contributed by atoms with E-state index in [0.717, 1.165) is 12.0 Å². The highest BCUT2D eigenvalue weighted by atomic mass is 35.5. The lowest BCUT2D eigenvalue weighted by Crippen LogP contribution is -2.54. The number of hydrogen-bond acceptors (Lipinski definition) is 4. The van der Waals surface area contributed by atoms with Gasteiger partial charge in [0.05, 0.1) is 5.69 Å². The van der Waals surface area contributed by atoms with E-state index in [-0.39, 0.29) is 16.2 Å². The third-order valence-electron chi connectivity index (χ3n) is 6.31. The maximum Gasteiger partial charge on any atom is 0.270 e. The van der Waals surface area contributed by atoms with Gasteiger partial charge in [-0.3, -0.25) is 19.8 Å². The van der Waals surface area contributed by atoms with Crippen molar-refractivity contribution in [3.05, 3.63) is 64.2 Å². The predicted octanol–water partition coefficient (Wildman–Crippen LogP) is 5.67. The maximum absolute atomic E-state index is 13.3. The number of amides is 2. The van der Waals surface area contributed by atoms with Gasteiger partial charge in [-0.25, -0.2) is 0 Å². The molecule has 5 nitrogen and oxygen atoms in total. The molecule has 172 valence electrons. The standard InChI is InChI=1S/C26H28ClN3O2S/c1-15(2)30-22-11-6-17(12-20(22)16(3)14-26(30,4)5)13-21-23(31)28-25(33)29(24(21)32)19-9-7-18(27)8-10-19/h6-13,15-16H,14H2,1-5H3,(H,28,31,33)/b21-13+. The first-order valence-electron chi connectivity index (χ1n) is 11.1. The Bertz CT molecular complexity index is 1170. The zero-order valence-corrected chi connectivity index (χ0v) is 21.1. The Hall–Kier alpha value is -2.70. The minimum absolute atomic E-state index is 0.0445. The van der Waals surface area contributed by atoms with Crippen LogP contribution >= 0.6 is 23.8 Å². The van der Waals surface area contributed by atoms with E-state index in [1.165, 1.54) is 16.2 Å². The summed E-state index contributed by atoms with van der Waals surface area (Å²) < 4.78 is 0. The smallest absolute Gasteiger partial charge is 0.270 e. The first-order valence-corrected chi connectivity index (χ1v) is 11.9. The topological polar surface area (TPSA) is 52.7 Å². The van der Waals surface area contributed by atoms with E-state index in [1.54, 1.807) is 30.3 Å². The van der Waals surface area contributed by atoms with Gasteiger partial charge in [-0.05, 0) is 106 Å². The average Bonchev–Trinajstić information content (AvgIpc) is 2.71. The number of hydrogen-bond donors (Lipinski definition) is 1. The molecule has 0 bridgehead atoms. The van der Waals surface area contributed by atoms with Gasteiger partial charge in [0.25, 0.3) is 11.8 Å². The second kappa shape index (κ2) is 8.58. The third kappa shape index (κ3) is 4.30. The summed E-state index contributed by atoms with van der Waals surface area (Å²) in [5.74, 6) is -0.593. The number of anilines is 2. The molecule has 1 saturated heterocycles. The Morgan fingerprint density at radius 2 is 1.82 bits per heavy atom. The highest BCUT2D eigenvalue weighted by Crippen LogP contribution is 2.44. The van der Waals surface area contributed by atoms with Crippen LogP contribution in [0.15, 0.2) is 48.0 Å². The van der Waals surface area contributed by atoms with Crippen LogP contribution in [0.25, 0.3) is 6.08 Å². The Morgan fingerprint density at radius 1 is 1.15 bits per heavy atom. The number of fused-ring (bicyclic) bond motifs is 1. The lowest BCUT2D eigenvalue weighted by atomic mass is 9.78. The highest BCUT2D eigenvalue weighted by molar-refractivity contribution is 7.80. The third-order valence-corrected chi connectivity index (χ3v) is 6.85. The molecule has 4 rings (SSSR count). The quantitative estimate of drug-likeness (QED) is 0.348. The van der Waals surface area contributed by atoms with Gasteiger partial charge in [-0.1, -0.05) is 24.6 Å². The SMILES string of the molecule is CC1CC(C)(C)N(C(C)C)c2ccc(/C=C3\C(=O)NC(=S)N(c4ccc(Cl)cc4)C3=O)cc21. The highest BCUT2D eigenvalue weighted by Gasteiger charge is 2.38. The lowest BCUT2D eigenvalue weighted by molar-refractivity contribution is -0.122. The van der Waals surface area contributed by atoms with Gasteiger partial charge in [-0.15, -0.1) is 0 Å². The van der Waals surface area contributed by atoms with Crippen LogP contribution < -0.4 is 15.1 Å². The summed E-state index contributed by atoms with van der Waals surface area (Å²) in [7, 11) is 0. The second-order valence-electron chi connectivity index (χ2n) is 9.63. The van der Waals surface area contributed by atoms with Crippen molar-refractivity contribution >= 4 is 58.2 Å². The molecular formula is C26H28ClN3O2S. The Labute approximate surface area is 205 Å². The zero-order chi connectivity index (χ0) is 24.1. The lowest BCUT2D eigenvalue weighted by Gasteiger charge is -2.50. The van der Waals surface area contributed by atoms with Gasteiger partial charge in [0.2, 0.25) is 0 Å². The number of nitrogens with one attached hydrogen (secondary N) is 1. The number of carbonyl (C=O) groups is 2. The van der Waals surface area contributed by atoms with E-state index in [2.05, 4.69) is 57.0 Å². The number of nitrogens with zero attached hydrogens (tertiary/aromatic N) is 2. The Morgan fingerprint density at radius 3 is 2.45 bits per heavy atom. The fourth-order valence-corrected chi connectivity index (χ4v) is 5.59. The van der Waals surface area contributed by atoms with Crippen molar-refractivity contribution in [1.29, 1.82) is 0 Å². The van der Waals surface area contributed by atoms with Crippen LogP contribution in [0.4, 0.5) is 11.4 Å². The molecule has 1 atom stereocenters. The van der Waals surface area contributed by atoms with Gasteiger partial charge in [0.15, 0.2) is 5.11 Å². The number of benzene rings is 2. The van der Waals surface area contributed by atoms with Crippen molar-refractivity contribution in [2.24, 2.45) is 0 Å². The molecule has 0 aromatic heterocycles. The summed E-state index contributed by atoms with van der Waals surface area (Å²) in [5, 5.41) is 3.24.